The molecule has 0 saturated carbocycles. The standard InChI is InChI=1S/C25H32N4O4/c1-4-33-23-7-5-6-20-19(23)13-21(29-20)22(30)12-17(10-15(2)3)25(32)28-18(14-26)11-16-8-9-27-24(16)31/h5-7,13,15-18,29H,4,8-12H2,1-3H3,(H,27,31)(H,28,32)/t16-,17+,18-/m0/s1. The van der Waals surface area contributed by atoms with E-state index in [0.717, 1.165) is 10.9 Å². The van der Waals surface area contributed by atoms with Crippen LogP contribution in [0, 0.1) is 29.1 Å². The fourth-order valence-corrected chi connectivity index (χ4v) is 4.33. The Kier molecular flexibility index (Phi) is 8.10. The van der Waals surface area contributed by atoms with Gasteiger partial charge in [0.05, 0.1) is 18.4 Å². The van der Waals surface area contributed by atoms with Crippen molar-refractivity contribution in [3.05, 3.63) is 30.0 Å². The Morgan fingerprint density at radius 1 is 1.33 bits per heavy atom. The van der Waals surface area contributed by atoms with Crippen LogP contribution in [0.1, 0.15) is 56.9 Å². The molecule has 2 heterocycles. The predicted molar refractivity (Wildman–Crippen MR) is 125 cm³/mol. The van der Waals surface area contributed by atoms with Gasteiger partial charge in [0.15, 0.2) is 5.78 Å². The fraction of sp³-hybridized carbons (Fsp3) is 0.520. The molecule has 1 saturated heterocycles. The Balaban J connectivity index is 1.71. The maximum absolute atomic E-state index is 13.1. The second-order valence-electron chi connectivity index (χ2n) is 8.99. The second-order valence-corrected chi connectivity index (χ2v) is 8.99. The van der Waals surface area contributed by atoms with Crippen molar-refractivity contribution in [1.82, 2.24) is 15.6 Å². The first-order chi connectivity index (χ1) is 15.8. The molecule has 176 valence electrons. The molecule has 1 aromatic carbocycles. The van der Waals surface area contributed by atoms with Crippen LogP contribution in [0.4, 0.5) is 0 Å². The van der Waals surface area contributed by atoms with E-state index in [9.17, 15) is 19.6 Å². The molecule has 33 heavy (non-hydrogen) atoms. The summed E-state index contributed by atoms with van der Waals surface area (Å²) < 4.78 is 5.65. The van der Waals surface area contributed by atoms with Gasteiger partial charge in [-0.3, -0.25) is 14.4 Å². The monoisotopic (exact) mass is 452 g/mol. The van der Waals surface area contributed by atoms with Gasteiger partial charge < -0.3 is 20.4 Å². The Morgan fingerprint density at radius 2 is 2.12 bits per heavy atom. The topological polar surface area (TPSA) is 124 Å². The van der Waals surface area contributed by atoms with E-state index in [1.807, 2.05) is 39.0 Å². The lowest BCUT2D eigenvalue weighted by molar-refractivity contribution is -0.127. The number of rotatable bonds is 11. The highest BCUT2D eigenvalue weighted by molar-refractivity contribution is 6.02. The molecule has 3 atom stereocenters. The summed E-state index contributed by atoms with van der Waals surface area (Å²) in [6.07, 6.45) is 1.48. The van der Waals surface area contributed by atoms with Gasteiger partial charge in [-0.2, -0.15) is 5.26 Å². The van der Waals surface area contributed by atoms with Crippen LogP contribution in [0.3, 0.4) is 0 Å². The largest absolute Gasteiger partial charge is 0.493 e. The van der Waals surface area contributed by atoms with Crippen molar-refractivity contribution in [1.29, 1.82) is 5.26 Å². The molecule has 8 heteroatoms. The molecule has 0 radical (unpaired) electrons. The van der Waals surface area contributed by atoms with E-state index in [4.69, 9.17) is 4.74 Å². The molecule has 0 spiro atoms. The number of H-pyrrole nitrogens is 1. The van der Waals surface area contributed by atoms with E-state index in [1.165, 1.54) is 0 Å². The van der Waals surface area contributed by atoms with Crippen LogP contribution in [0.15, 0.2) is 24.3 Å². The number of nitrogens with one attached hydrogen (secondary N) is 3. The van der Waals surface area contributed by atoms with Crippen LogP contribution in [-0.4, -0.2) is 41.8 Å². The van der Waals surface area contributed by atoms with Gasteiger partial charge in [-0.05, 0) is 50.3 Å². The Morgan fingerprint density at radius 3 is 2.76 bits per heavy atom. The number of aromatic amines is 1. The van der Waals surface area contributed by atoms with Crippen molar-refractivity contribution in [3.8, 4) is 11.8 Å². The summed E-state index contributed by atoms with van der Waals surface area (Å²) in [7, 11) is 0. The van der Waals surface area contributed by atoms with Crippen LogP contribution < -0.4 is 15.4 Å². The molecule has 1 aliphatic rings. The van der Waals surface area contributed by atoms with Gasteiger partial charge >= 0.3 is 0 Å². The normalized spacial score (nSPS) is 17.4. The molecule has 1 fully saturated rings. The molecule has 2 amide bonds. The Hall–Kier alpha value is -3.34. The zero-order valence-corrected chi connectivity index (χ0v) is 19.4. The van der Waals surface area contributed by atoms with Gasteiger partial charge in [-0.25, -0.2) is 0 Å². The lowest BCUT2D eigenvalue weighted by Crippen LogP contribution is -2.41. The van der Waals surface area contributed by atoms with Crippen LogP contribution in [0.25, 0.3) is 10.9 Å². The molecular formula is C25H32N4O4. The molecule has 8 nitrogen and oxygen atoms in total. The molecule has 1 aliphatic heterocycles. The number of ketones is 1. The van der Waals surface area contributed by atoms with E-state index in [0.29, 0.717) is 37.4 Å². The summed E-state index contributed by atoms with van der Waals surface area (Å²) in [5.74, 6) is -0.513. The van der Waals surface area contributed by atoms with E-state index in [-0.39, 0.29) is 42.3 Å². The zero-order chi connectivity index (χ0) is 24.0. The highest BCUT2D eigenvalue weighted by Gasteiger charge is 2.30. The van der Waals surface area contributed by atoms with Crippen LogP contribution in [0.5, 0.6) is 5.75 Å². The summed E-state index contributed by atoms with van der Waals surface area (Å²) in [5, 5.41) is 15.9. The SMILES string of the molecule is CCOc1cccc2[nH]c(C(=O)C[C@@H](CC(C)C)C(=O)N[C@H](C#N)C[C@@H]3CCNC3=O)cc12. The quantitative estimate of drug-likeness (QED) is 0.451. The van der Waals surface area contributed by atoms with Crippen molar-refractivity contribution >= 4 is 28.5 Å². The molecule has 0 aliphatic carbocycles. The summed E-state index contributed by atoms with van der Waals surface area (Å²) in [4.78, 5) is 41.1. The minimum atomic E-state index is -0.766. The van der Waals surface area contributed by atoms with Gasteiger partial charge in [-0.1, -0.05) is 19.9 Å². The van der Waals surface area contributed by atoms with Gasteiger partial charge in [0, 0.05) is 35.7 Å². The van der Waals surface area contributed by atoms with Gasteiger partial charge in [-0.15, -0.1) is 0 Å². The van der Waals surface area contributed by atoms with Gasteiger partial charge in [0.1, 0.15) is 11.8 Å². The van der Waals surface area contributed by atoms with E-state index < -0.39 is 12.0 Å². The summed E-state index contributed by atoms with van der Waals surface area (Å²) in [6.45, 7) is 7.00. The molecule has 1 aromatic heterocycles. The summed E-state index contributed by atoms with van der Waals surface area (Å²) in [5.41, 5.74) is 1.23. The Bertz CT molecular complexity index is 1050. The number of Topliss-reactive ketones (excluding diaryl/α,β-unsaturated/α-hetero) is 1. The minimum absolute atomic E-state index is 0.0306. The summed E-state index contributed by atoms with van der Waals surface area (Å²) >= 11 is 0. The second kappa shape index (κ2) is 11.0. The number of carbonyl (C=O) groups is 3. The third-order valence-electron chi connectivity index (χ3n) is 5.94. The van der Waals surface area contributed by atoms with E-state index in [1.54, 1.807) is 6.07 Å². The highest BCUT2D eigenvalue weighted by atomic mass is 16.5. The van der Waals surface area contributed by atoms with E-state index >= 15 is 0 Å². The van der Waals surface area contributed by atoms with Crippen LogP contribution >= 0.6 is 0 Å². The number of nitriles is 1. The molecule has 0 unspecified atom stereocenters. The van der Waals surface area contributed by atoms with Gasteiger partial charge in [0.2, 0.25) is 11.8 Å². The molecule has 3 N–H and O–H groups in total. The Labute approximate surface area is 194 Å². The number of nitrogens with zero attached hydrogens (tertiary/aromatic N) is 1. The van der Waals surface area contributed by atoms with Crippen molar-refractivity contribution in [2.75, 3.05) is 13.2 Å². The first-order valence-electron chi connectivity index (χ1n) is 11.6. The first-order valence-corrected chi connectivity index (χ1v) is 11.6. The number of aromatic nitrogens is 1. The number of amides is 2. The molecule has 0 bridgehead atoms. The van der Waals surface area contributed by atoms with Crippen molar-refractivity contribution in [2.24, 2.45) is 17.8 Å². The lowest BCUT2D eigenvalue weighted by atomic mass is 9.90. The third-order valence-corrected chi connectivity index (χ3v) is 5.94. The maximum Gasteiger partial charge on any atom is 0.224 e. The van der Waals surface area contributed by atoms with Gasteiger partial charge in [0.25, 0.3) is 0 Å². The lowest BCUT2D eigenvalue weighted by Gasteiger charge is -2.21. The van der Waals surface area contributed by atoms with Crippen LogP contribution in [0.2, 0.25) is 0 Å². The average molecular weight is 453 g/mol. The summed E-state index contributed by atoms with van der Waals surface area (Å²) in [6, 6.07) is 8.69. The number of hydrogen-bond donors (Lipinski definition) is 3. The maximum atomic E-state index is 13.1. The smallest absolute Gasteiger partial charge is 0.224 e. The third kappa shape index (κ3) is 6.13. The van der Waals surface area contributed by atoms with Crippen molar-refractivity contribution in [2.45, 2.75) is 52.5 Å². The average Bonchev–Trinajstić information content (AvgIpc) is 3.39. The number of benzene rings is 1. The number of carbonyl (C=O) groups excluding carboxylic acids is 3. The minimum Gasteiger partial charge on any atom is -0.493 e. The number of hydrogen-bond acceptors (Lipinski definition) is 5. The highest BCUT2D eigenvalue weighted by Crippen LogP contribution is 2.28. The fourth-order valence-electron chi connectivity index (χ4n) is 4.33. The first kappa shape index (κ1) is 24.3. The number of ether oxygens (including phenoxy) is 1. The molecular weight excluding hydrogens is 420 g/mol. The van der Waals surface area contributed by atoms with Crippen molar-refractivity contribution < 1.29 is 19.1 Å². The predicted octanol–water partition coefficient (Wildman–Crippen LogP) is 3.34. The molecule has 2 aromatic rings. The zero-order valence-electron chi connectivity index (χ0n) is 19.4. The molecule has 3 rings (SSSR count). The van der Waals surface area contributed by atoms with Crippen LogP contribution in [-0.2, 0) is 9.59 Å². The number of fused-ring (bicyclic) bond motifs is 1. The van der Waals surface area contributed by atoms with Crippen molar-refractivity contribution in [3.63, 3.8) is 0 Å². The van der Waals surface area contributed by atoms with E-state index in [2.05, 4.69) is 21.7 Å².